The van der Waals surface area contributed by atoms with Gasteiger partial charge in [-0.1, -0.05) is 77.6 Å². The lowest BCUT2D eigenvalue weighted by Crippen LogP contribution is -2.59. The Labute approximate surface area is 258 Å². The molecule has 3 saturated carbocycles. The van der Waals surface area contributed by atoms with Gasteiger partial charge in [0.05, 0.1) is 4.90 Å². The van der Waals surface area contributed by atoms with E-state index in [0.717, 1.165) is 30.7 Å². The molecule has 0 radical (unpaired) electrons. The fourth-order valence-electron chi connectivity index (χ4n) is 8.48. The van der Waals surface area contributed by atoms with Crippen LogP contribution in [0.4, 0.5) is 4.39 Å². The second-order valence-electron chi connectivity index (χ2n) is 14.6. The van der Waals surface area contributed by atoms with Gasteiger partial charge in [0.1, 0.15) is 12.5 Å². The molecule has 0 N–H and O–H groups in total. The van der Waals surface area contributed by atoms with E-state index in [1.807, 2.05) is 0 Å². The summed E-state index contributed by atoms with van der Waals surface area (Å²) in [6, 6.07) is 8.41. The van der Waals surface area contributed by atoms with Crippen LogP contribution in [-0.2, 0) is 19.5 Å². The van der Waals surface area contributed by atoms with E-state index >= 15 is 4.39 Å². The second kappa shape index (κ2) is 12.8. The molecule has 3 fully saturated rings. The van der Waals surface area contributed by atoms with Crippen molar-refractivity contribution in [1.82, 2.24) is 9.96 Å². The van der Waals surface area contributed by atoms with Gasteiger partial charge in [-0.3, -0.25) is 4.79 Å². The summed E-state index contributed by atoms with van der Waals surface area (Å²) in [5.41, 5.74) is 0. The van der Waals surface area contributed by atoms with Gasteiger partial charge in [-0.2, -0.15) is 0 Å². The highest BCUT2D eigenvalue weighted by Crippen LogP contribution is 2.47. The molecule has 0 aromatic heterocycles. The number of nitrogens with zero attached hydrogens (tertiary/aromatic N) is 3. The number of aliphatic imine (C=N–C) groups is 1. The lowest BCUT2D eigenvalue weighted by Gasteiger charge is -2.51. The van der Waals surface area contributed by atoms with E-state index in [1.165, 1.54) is 25.0 Å². The Morgan fingerprint density at radius 1 is 0.930 bits per heavy atom. The minimum absolute atomic E-state index is 0.118. The summed E-state index contributed by atoms with van der Waals surface area (Å²) >= 11 is 0. The van der Waals surface area contributed by atoms with Crippen LogP contribution in [0.5, 0.6) is 0 Å². The van der Waals surface area contributed by atoms with Gasteiger partial charge < -0.3 is 9.74 Å². The molecule has 8 unspecified atom stereocenters. The van der Waals surface area contributed by atoms with Crippen LogP contribution in [0.15, 0.2) is 40.2 Å². The molecule has 5 rings (SSSR count). The molecule has 0 bridgehead atoms. The molecule has 1 aliphatic heterocycles. The quantitative estimate of drug-likeness (QED) is 0.286. The van der Waals surface area contributed by atoms with Gasteiger partial charge >= 0.3 is 11.1 Å². The van der Waals surface area contributed by atoms with E-state index in [1.54, 1.807) is 18.2 Å². The number of alkyl halides is 1. The number of halogens is 1. The van der Waals surface area contributed by atoms with E-state index in [4.69, 9.17) is 9.83 Å². The fraction of sp³-hybridized carbons (Fsp3) is 0.765. The van der Waals surface area contributed by atoms with Crippen LogP contribution < -0.4 is 0 Å². The first-order chi connectivity index (χ1) is 20.3. The number of carbonyl (C=O) groups is 1. The number of hydroxylamine groups is 2. The second-order valence-corrected chi connectivity index (χ2v) is 16.7. The molecular formula is C34H52FN3O4S. The largest absolute Gasteiger partial charge is 0.362 e. The molecule has 0 saturated heterocycles. The van der Waals surface area contributed by atoms with Crippen LogP contribution in [0.25, 0.3) is 0 Å². The highest BCUT2D eigenvalue weighted by Gasteiger charge is 2.61. The van der Waals surface area contributed by atoms with Crippen molar-refractivity contribution >= 4 is 21.6 Å². The van der Waals surface area contributed by atoms with E-state index in [9.17, 15) is 13.2 Å². The molecule has 240 valence electrons. The number of rotatable bonds is 8. The number of hydrogen-bond acceptors (Lipinski definition) is 7. The predicted molar refractivity (Wildman–Crippen MR) is 167 cm³/mol. The van der Waals surface area contributed by atoms with Crippen molar-refractivity contribution in [2.24, 2.45) is 46.4 Å². The summed E-state index contributed by atoms with van der Waals surface area (Å²) in [4.78, 5) is 25.9. The van der Waals surface area contributed by atoms with Crippen LogP contribution in [0.2, 0.25) is 0 Å². The van der Waals surface area contributed by atoms with Gasteiger partial charge in [0, 0.05) is 30.8 Å². The summed E-state index contributed by atoms with van der Waals surface area (Å²) in [7, 11) is -4.57. The Morgan fingerprint density at radius 3 is 1.98 bits per heavy atom. The van der Waals surface area contributed by atoms with Crippen LogP contribution >= 0.6 is 0 Å². The van der Waals surface area contributed by atoms with Gasteiger partial charge in [-0.05, 0) is 79.7 Å². The van der Waals surface area contributed by atoms with Crippen LogP contribution in [0.3, 0.4) is 0 Å². The molecule has 8 atom stereocenters. The smallest absolute Gasteiger partial charge is 0.310 e. The minimum atomic E-state index is -4.57. The van der Waals surface area contributed by atoms with E-state index < -0.39 is 20.9 Å². The van der Waals surface area contributed by atoms with Crippen LogP contribution in [0, 0.1) is 41.4 Å². The Kier molecular flexibility index (Phi) is 9.63. The lowest BCUT2D eigenvalue weighted by atomic mass is 9.69. The average Bonchev–Trinajstić information content (AvgIpc) is 3.63. The van der Waals surface area contributed by atoms with E-state index in [0.29, 0.717) is 41.5 Å². The first-order valence-corrected chi connectivity index (χ1v) is 18.1. The predicted octanol–water partition coefficient (Wildman–Crippen LogP) is 7.24. The zero-order valence-corrected chi connectivity index (χ0v) is 27.7. The van der Waals surface area contributed by atoms with Crippen LogP contribution in [0.1, 0.15) is 99.3 Å². The highest BCUT2D eigenvalue weighted by molar-refractivity contribution is 7.92. The Balaban J connectivity index is 1.55. The average molecular weight is 618 g/mol. The number of ketones is 1. The Hall–Kier alpha value is -2.00. The molecular weight excluding hydrogens is 565 g/mol. The summed E-state index contributed by atoms with van der Waals surface area (Å²) in [5.74, 6) is 1.70. The third kappa shape index (κ3) is 6.14. The molecule has 3 aliphatic carbocycles. The van der Waals surface area contributed by atoms with Crippen molar-refractivity contribution in [1.29, 1.82) is 0 Å². The number of amidine groups is 1. The summed E-state index contributed by atoms with van der Waals surface area (Å²) in [6.07, 6.45) is 6.79. The van der Waals surface area contributed by atoms with Crippen molar-refractivity contribution < 1.29 is 22.4 Å². The Morgan fingerprint density at radius 2 is 1.49 bits per heavy atom. The van der Waals surface area contributed by atoms with Gasteiger partial charge in [0.2, 0.25) is 9.84 Å². The molecule has 4 aliphatic rings. The number of Topliss-reactive ketones (excluding diaryl/α,β-unsaturated/α-hetero) is 1. The first-order valence-electron chi connectivity index (χ1n) is 16.6. The molecule has 0 spiro atoms. The zero-order chi connectivity index (χ0) is 31.1. The first kappa shape index (κ1) is 32.4. The SMILES string of the molecule is CC1CCC(C(C)C)C(N(C2=NCN(C(F)(C3CCC(=O)C3)S(=O)(=O)c3ccccc3)O2)C2CC(C)CCC2C(C)C)C1. The lowest BCUT2D eigenvalue weighted by molar-refractivity contribution is -0.187. The van der Waals surface area contributed by atoms with Gasteiger partial charge in [-0.15, -0.1) is 0 Å². The zero-order valence-electron chi connectivity index (χ0n) is 26.9. The normalized spacial score (nSPS) is 33.8. The summed E-state index contributed by atoms with van der Waals surface area (Å²) < 4.78 is 45.9. The van der Waals surface area contributed by atoms with Crippen molar-refractivity contribution in [3.05, 3.63) is 30.3 Å². The molecule has 1 heterocycles. The third-order valence-corrected chi connectivity index (χ3v) is 13.1. The highest BCUT2D eigenvalue weighted by atomic mass is 32.2. The van der Waals surface area contributed by atoms with Gasteiger partial charge in [0.25, 0.3) is 0 Å². The van der Waals surface area contributed by atoms with Crippen molar-refractivity contribution in [2.45, 2.75) is 121 Å². The molecule has 7 nitrogen and oxygen atoms in total. The summed E-state index contributed by atoms with van der Waals surface area (Å²) in [6.45, 7) is 13.5. The van der Waals surface area contributed by atoms with Gasteiger partial charge in [0.15, 0.2) is 0 Å². The number of hydrogen-bond donors (Lipinski definition) is 0. The Bertz CT molecular complexity index is 1240. The number of benzene rings is 1. The summed E-state index contributed by atoms with van der Waals surface area (Å²) in [5, 5.41) is -1.97. The van der Waals surface area contributed by atoms with Crippen molar-refractivity contribution in [3.63, 3.8) is 0 Å². The topological polar surface area (TPSA) is 79.3 Å². The maximum absolute atomic E-state index is 17.7. The molecule has 1 aromatic carbocycles. The molecule has 0 amide bonds. The fourth-order valence-corrected chi connectivity index (χ4v) is 10.3. The maximum Gasteiger partial charge on any atom is 0.310 e. The number of sulfone groups is 1. The van der Waals surface area contributed by atoms with Gasteiger partial charge in [-0.25, -0.2) is 17.8 Å². The number of carbonyl (C=O) groups excluding carboxylic acids is 1. The molecule has 43 heavy (non-hydrogen) atoms. The van der Waals surface area contributed by atoms with Crippen molar-refractivity contribution in [2.75, 3.05) is 6.67 Å². The third-order valence-electron chi connectivity index (χ3n) is 11.0. The molecule has 9 heteroatoms. The monoisotopic (exact) mass is 617 g/mol. The maximum atomic E-state index is 17.7. The minimum Gasteiger partial charge on any atom is -0.362 e. The molecule has 1 aromatic rings. The van der Waals surface area contributed by atoms with Crippen LogP contribution in [-0.4, -0.2) is 54.1 Å². The standard InChI is InChI=1S/C34H52FN3O4S/c1-22(2)29-16-12-24(5)18-31(29)38(32-19-25(6)13-17-30(32)23(3)4)33-36-21-37(42-33)34(35,26-14-15-27(39)20-26)43(40,41)28-10-8-7-9-11-28/h7-11,22-26,29-32H,12-21H2,1-6H3. The van der Waals surface area contributed by atoms with E-state index in [2.05, 4.69) is 46.4 Å². The van der Waals surface area contributed by atoms with Crippen molar-refractivity contribution in [3.8, 4) is 0 Å². The van der Waals surface area contributed by atoms with E-state index in [-0.39, 0.29) is 48.7 Å².